The number of anilines is 1. The van der Waals surface area contributed by atoms with Crippen molar-refractivity contribution in [3.8, 4) is 0 Å². The molecule has 0 spiro atoms. The second-order valence-electron chi connectivity index (χ2n) is 4.71. The molecule has 0 aromatic heterocycles. The van der Waals surface area contributed by atoms with Crippen LogP contribution in [0.3, 0.4) is 0 Å². The Morgan fingerprint density at radius 2 is 1.67 bits per heavy atom. The minimum atomic E-state index is 0.861. The van der Waals surface area contributed by atoms with Gasteiger partial charge in [-0.3, -0.25) is 0 Å². The fourth-order valence-corrected chi connectivity index (χ4v) is 2.71. The molecule has 0 unspecified atom stereocenters. The first-order chi connectivity index (χ1) is 8.58. The Hall–Kier alpha value is -1.28. The molecule has 2 rings (SSSR count). The molecule has 0 aliphatic carbocycles. The van der Waals surface area contributed by atoms with Gasteiger partial charge in [0.05, 0.1) is 0 Å². The minimum Gasteiger partial charge on any atom is -0.380 e. The van der Waals surface area contributed by atoms with Gasteiger partial charge in [0.15, 0.2) is 0 Å². The molecule has 0 aliphatic heterocycles. The van der Waals surface area contributed by atoms with Crippen molar-refractivity contribution in [2.24, 2.45) is 0 Å². The van der Waals surface area contributed by atoms with Crippen molar-refractivity contribution in [3.63, 3.8) is 0 Å². The average molecular weight is 304 g/mol. The molecule has 0 aliphatic rings. The summed E-state index contributed by atoms with van der Waals surface area (Å²) in [6, 6.07) is 12.8. The summed E-state index contributed by atoms with van der Waals surface area (Å²) in [6.07, 6.45) is 0. The first-order valence-electron chi connectivity index (χ1n) is 6.13. The molecule has 2 aromatic carbocycles. The smallest absolute Gasteiger partial charge is 0.0487 e. The van der Waals surface area contributed by atoms with Gasteiger partial charge < -0.3 is 5.32 Å². The fourth-order valence-electron chi connectivity index (χ4n) is 2.07. The second-order valence-corrected chi connectivity index (χ2v) is 5.56. The highest BCUT2D eigenvalue weighted by Gasteiger charge is 2.03. The van der Waals surface area contributed by atoms with E-state index in [0.29, 0.717) is 0 Å². The molecule has 0 saturated carbocycles. The summed E-state index contributed by atoms with van der Waals surface area (Å²) >= 11 is 3.60. The van der Waals surface area contributed by atoms with E-state index < -0.39 is 0 Å². The number of nitrogens with one attached hydrogen (secondary N) is 1. The van der Waals surface area contributed by atoms with Gasteiger partial charge in [-0.2, -0.15) is 0 Å². The maximum atomic E-state index is 3.60. The number of benzene rings is 2. The number of aryl methyl sites for hydroxylation is 3. The monoisotopic (exact) mass is 303 g/mol. The van der Waals surface area contributed by atoms with Crippen molar-refractivity contribution in [2.75, 3.05) is 5.32 Å². The van der Waals surface area contributed by atoms with Crippen LogP contribution < -0.4 is 5.32 Å². The summed E-state index contributed by atoms with van der Waals surface area (Å²) < 4.78 is 1.12. The Morgan fingerprint density at radius 3 is 2.28 bits per heavy atom. The predicted molar refractivity (Wildman–Crippen MR) is 82.1 cm³/mol. The molecule has 2 heteroatoms. The van der Waals surface area contributed by atoms with E-state index in [9.17, 15) is 0 Å². The van der Waals surface area contributed by atoms with Gasteiger partial charge in [-0.05, 0) is 71.1 Å². The van der Waals surface area contributed by atoms with Crippen LogP contribution in [-0.4, -0.2) is 0 Å². The van der Waals surface area contributed by atoms with Gasteiger partial charge in [-0.1, -0.05) is 24.3 Å². The number of hydrogen-bond acceptors (Lipinski definition) is 1. The maximum Gasteiger partial charge on any atom is 0.0487 e. The lowest BCUT2D eigenvalue weighted by atomic mass is 10.0. The van der Waals surface area contributed by atoms with Gasteiger partial charge in [0.25, 0.3) is 0 Å². The molecule has 0 amide bonds. The fraction of sp³-hybridized carbons (Fsp3) is 0.250. The highest BCUT2D eigenvalue weighted by atomic mass is 79.9. The van der Waals surface area contributed by atoms with Crippen LogP contribution in [0.1, 0.15) is 22.3 Å². The first-order valence-corrected chi connectivity index (χ1v) is 6.92. The number of rotatable bonds is 3. The molecule has 0 heterocycles. The SMILES string of the molecule is Cc1ccc(NCc2c(C)cccc2C)c(Br)c1. The second kappa shape index (κ2) is 5.57. The van der Waals surface area contributed by atoms with Crippen molar-refractivity contribution < 1.29 is 0 Å². The standard InChI is InChI=1S/C16H18BrN/c1-11-7-8-16(15(17)9-11)18-10-14-12(2)5-4-6-13(14)3/h4-9,18H,10H2,1-3H3. The van der Waals surface area contributed by atoms with Crippen molar-refractivity contribution in [3.05, 3.63) is 63.1 Å². The third kappa shape index (κ3) is 2.94. The van der Waals surface area contributed by atoms with Crippen LogP contribution in [0, 0.1) is 20.8 Å². The highest BCUT2D eigenvalue weighted by Crippen LogP contribution is 2.24. The molecule has 1 nitrogen and oxygen atoms in total. The molecule has 18 heavy (non-hydrogen) atoms. The van der Waals surface area contributed by atoms with Crippen LogP contribution in [0.15, 0.2) is 40.9 Å². The largest absolute Gasteiger partial charge is 0.380 e. The van der Waals surface area contributed by atoms with Crippen molar-refractivity contribution in [1.82, 2.24) is 0 Å². The summed E-state index contributed by atoms with van der Waals surface area (Å²) in [4.78, 5) is 0. The van der Waals surface area contributed by atoms with Gasteiger partial charge in [0.2, 0.25) is 0 Å². The zero-order valence-corrected chi connectivity index (χ0v) is 12.6. The Kier molecular flexibility index (Phi) is 4.07. The lowest BCUT2D eigenvalue weighted by Gasteiger charge is -2.13. The molecule has 0 fully saturated rings. The van der Waals surface area contributed by atoms with E-state index in [1.807, 2.05) is 0 Å². The maximum absolute atomic E-state index is 3.60. The van der Waals surface area contributed by atoms with E-state index in [4.69, 9.17) is 0 Å². The normalized spacial score (nSPS) is 10.4. The molecule has 2 aromatic rings. The Bertz CT molecular complexity index is 541. The molecule has 94 valence electrons. The Balaban J connectivity index is 2.16. The molecule has 0 atom stereocenters. The van der Waals surface area contributed by atoms with E-state index >= 15 is 0 Å². The molecule has 0 saturated heterocycles. The van der Waals surface area contributed by atoms with Gasteiger partial charge >= 0.3 is 0 Å². The number of halogens is 1. The summed E-state index contributed by atoms with van der Waals surface area (Å²) in [5.74, 6) is 0. The summed E-state index contributed by atoms with van der Waals surface area (Å²) in [5.41, 5.74) is 6.46. The Labute approximate surface area is 117 Å². The van der Waals surface area contributed by atoms with Crippen LogP contribution in [0.25, 0.3) is 0 Å². The lowest BCUT2D eigenvalue weighted by Crippen LogP contribution is -2.04. The van der Waals surface area contributed by atoms with Crippen LogP contribution in [0.2, 0.25) is 0 Å². The van der Waals surface area contributed by atoms with E-state index in [2.05, 4.69) is 78.4 Å². The van der Waals surface area contributed by atoms with Gasteiger partial charge in [0, 0.05) is 16.7 Å². The number of hydrogen-bond donors (Lipinski definition) is 1. The highest BCUT2D eigenvalue weighted by molar-refractivity contribution is 9.10. The van der Waals surface area contributed by atoms with E-state index in [1.165, 1.54) is 22.3 Å². The van der Waals surface area contributed by atoms with Gasteiger partial charge in [-0.25, -0.2) is 0 Å². The zero-order valence-electron chi connectivity index (χ0n) is 11.0. The first kappa shape index (κ1) is 13.2. The van der Waals surface area contributed by atoms with Crippen LogP contribution in [0.4, 0.5) is 5.69 Å². The van der Waals surface area contributed by atoms with E-state index in [-0.39, 0.29) is 0 Å². The summed E-state index contributed by atoms with van der Waals surface area (Å²) in [5, 5.41) is 3.49. The van der Waals surface area contributed by atoms with Crippen molar-refractivity contribution >= 4 is 21.6 Å². The van der Waals surface area contributed by atoms with Crippen LogP contribution in [-0.2, 0) is 6.54 Å². The molecular formula is C16H18BrN. The Morgan fingerprint density at radius 1 is 1.00 bits per heavy atom. The van der Waals surface area contributed by atoms with E-state index in [0.717, 1.165) is 16.7 Å². The molecule has 1 N–H and O–H groups in total. The van der Waals surface area contributed by atoms with Crippen LogP contribution >= 0.6 is 15.9 Å². The van der Waals surface area contributed by atoms with Gasteiger partial charge in [0.1, 0.15) is 0 Å². The van der Waals surface area contributed by atoms with Gasteiger partial charge in [-0.15, -0.1) is 0 Å². The summed E-state index contributed by atoms with van der Waals surface area (Å²) in [7, 11) is 0. The summed E-state index contributed by atoms with van der Waals surface area (Å²) in [6.45, 7) is 7.28. The molecule has 0 radical (unpaired) electrons. The lowest BCUT2D eigenvalue weighted by molar-refractivity contribution is 1.09. The molecule has 0 bridgehead atoms. The quantitative estimate of drug-likeness (QED) is 0.842. The minimum absolute atomic E-state index is 0.861. The van der Waals surface area contributed by atoms with Crippen molar-refractivity contribution in [1.29, 1.82) is 0 Å². The van der Waals surface area contributed by atoms with E-state index in [1.54, 1.807) is 0 Å². The average Bonchev–Trinajstić information content (AvgIpc) is 2.31. The third-order valence-electron chi connectivity index (χ3n) is 3.22. The molecular weight excluding hydrogens is 286 g/mol. The van der Waals surface area contributed by atoms with Crippen molar-refractivity contribution in [2.45, 2.75) is 27.3 Å². The zero-order chi connectivity index (χ0) is 13.1. The third-order valence-corrected chi connectivity index (χ3v) is 3.88. The van der Waals surface area contributed by atoms with Crippen LogP contribution in [0.5, 0.6) is 0 Å². The topological polar surface area (TPSA) is 12.0 Å². The predicted octanol–water partition coefficient (Wildman–Crippen LogP) is 4.99.